The van der Waals surface area contributed by atoms with Crippen molar-refractivity contribution in [3.05, 3.63) is 74.6 Å². The van der Waals surface area contributed by atoms with Gasteiger partial charge >= 0.3 is 5.97 Å². The zero-order valence-corrected chi connectivity index (χ0v) is 21.2. The second-order valence-corrected chi connectivity index (χ2v) is 9.86. The lowest BCUT2D eigenvalue weighted by Gasteiger charge is -2.48. The van der Waals surface area contributed by atoms with E-state index in [1.165, 1.54) is 18.9 Å². The summed E-state index contributed by atoms with van der Waals surface area (Å²) in [5.74, 6) is -0.569. The first-order valence-corrected chi connectivity index (χ1v) is 12.4. The van der Waals surface area contributed by atoms with Gasteiger partial charge in [0, 0.05) is 15.4 Å². The molecule has 35 heavy (non-hydrogen) atoms. The van der Waals surface area contributed by atoms with Crippen molar-refractivity contribution in [2.75, 3.05) is 13.7 Å². The molecule has 12 heteroatoms. The van der Waals surface area contributed by atoms with E-state index in [1.54, 1.807) is 25.1 Å². The number of benzene rings is 2. The standard InChI is InChI=1S/C23H23Cl2N3O6S/c1-12(21(29)30-2)32-20-18(27-28-26)19-17(11-31-22(34-19)13-6-4-3-5-7-13)33-23(20)35-14-8-9-15(24)16(25)10-14/h3-10,12,17-20,22-23H,11H2,1-2H3/t12?,17-,18+,19+,20-,22?,23-/m1/s1. The smallest absolute Gasteiger partial charge is 0.334 e. The largest absolute Gasteiger partial charge is 0.467 e. The number of hydrogen-bond donors (Lipinski definition) is 0. The van der Waals surface area contributed by atoms with Gasteiger partial charge in [0.25, 0.3) is 0 Å². The number of hydrogen-bond acceptors (Lipinski definition) is 8. The monoisotopic (exact) mass is 539 g/mol. The zero-order valence-electron chi connectivity index (χ0n) is 18.8. The van der Waals surface area contributed by atoms with Gasteiger partial charge < -0.3 is 23.7 Å². The molecular formula is C23H23Cl2N3O6S. The van der Waals surface area contributed by atoms with Gasteiger partial charge in [-0.15, -0.1) is 0 Å². The number of rotatable bonds is 7. The third-order valence-electron chi connectivity index (χ3n) is 5.60. The lowest BCUT2D eigenvalue weighted by atomic mass is 9.96. The van der Waals surface area contributed by atoms with Crippen LogP contribution in [-0.2, 0) is 28.5 Å². The molecule has 2 aromatic carbocycles. The highest BCUT2D eigenvalue weighted by Crippen LogP contribution is 2.42. The van der Waals surface area contributed by atoms with E-state index in [1.807, 2.05) is 30.3 Å². The second kappa shape index (κ2) is 11.8. The van der Waals surface area contributed by atoms with Crippen molar-refractivity contribution in [3.63, 3.8) is 0 Å². The molecule has 0 bridgehead atoms. The summed E-state index contributed by atoms with van der Waals surface area (Å²) in [6.07, 6.45) is -3.68. The van der Waals surface area contributed by atoms with Crippen molar-refractivity contribution >= 4 is 40.9 Å². The average Bonchev–Trinajstić information content (AvgIpc) is 2.87. The fraction of sp³-hybridized carbons (Fsp3) is 0.435. The molecule has 2 saturated heterocycles. The molecule has 0 spiro atoms. The lowest BCUT2D eigenvalue weighted by molar-refractivity contribution is -0.302. The first kappa shape index (κ1) is 26.1. The summed E-state index contributed by atoms with van der Waals surface area (Å²) in [6, 6.07) is 13.8. The Kier molecular flexibility index (Phi) is 8.80. The Morgan fingerprint density at radius 2 is 1.97 bits per heavy atom. The minimum Gasteiger partial charge on any atom is -0.467 e. The van der Waals surface area contributed by atoms with Crippen molar-refractivity contribution < 1.29 is 28.5 Å². The summed E-state index contributed by atoms with van der Waals surface area (Å²) < 4.78 is 29.4. The molecule has 0 aromatic heterocycles. The predicted molar refractivity (Wildman–Crippen MR) is 130 cm³/mol. The van der Waals surface area contributed by atoms with E-state index in [4.69, 9.17) is 46.9 Å². The van der Waals surface area contributed by atoms with Crippen LogP contribution in [0.15, 0.2) is 58.5 Å². The summed E-state index contributed by atoms with van der Waals surface area (Å²) >= 11 is 13.5. The topological polar surface area (TPSA) is 112 Å². The molecule has 4 rings (SSSR count). The third-order valence-corrected chi connectivity index (χ3v) is 7.48. The predicted octanol–water partition coefficient (Wildman–Crippen LogP) is 5.55. The number of esters is 1. The Hall–Kier alpha value is -2.01. The molecule has 2 aliphatic rings. The van der Waals surface area contributed by atoms with Crippen LogP contribution in [0, 0.1) is 0 Å². The van der Waals surface area contributed by atoms with Crippen LogP contribution in [0.1, 0.15) is 18.8 Å². The number of halogens is 2. The van der Waals surface area contributed by atoms with Gasteiger partial charge in [0.2, 0.25) is 0 Å². The van der Waals surface area contributed by atoms with Crippen molar-refractivity contribution in [3.8, 4) is 0 Å². The van der Waals surface area contributed by atoms with Crippen molar-refractivity contribution in [1.29, 1.82) is 0 Å². The molecule has 0 N–H and O–H groups in total. The van der Waals surface area contributed by atoms with Crippen molar-refractivity contribution in [2.24, 2.45) is 5.11 Å². The Balaban J connectivity index is 1.64. The van der Waals surface area contributed by atoms with Crippen molar-refractivity contribution in [1.82, 2.24) is 0 Å². The molecular weight excluding hydrogens is 517 g/mol. The molecule has 0 aliphatic carbocycles. The molecule has 2 fully saturated rings. The highest BCUT2D eigenvalue weighted by Gasteiger charge is 2.51. The van der Waals surface area contributed by atoms with Crippen LogP contribution >= 0.6 is 35.0 Å². The fourth-order valence-electron chi connectivity index (χ4n) is 3.92. The minimum atomic E-state index is -0.941. The van der Waals surface area contributed by atoms with E-state index in [-0.39, 0.29) is 6.61 Å². The maximum atomic E-state index is 12.1. The van der Waals surface area contributed by atoms with Crippen LogP contribution in [0.5, 0.6) is 0 Å². The number of carbonyl (C=O) groups is 1. The normalized spacial score (nSPS) is 28.9. The summed E-state index contributed by atoms with van der Waals surface area (Å²) in [6.45, 7) is 1.77. The number of fused-ring (bicyclic) bond motifs is 1. The van der Waals surface area contributed by atoms with E-state index in [0.29, 0.717) is 10.0 Å². The number of nitrogens with zero attached hydrogens (tertiary/aromatic N) is 3. The average molecular weight is 540 g/mol. The number of azide groups is 1. The van der Waals surface area contributed by atoms with Crippen molar-refractivity contribution in [2.45, 2.75) is 54.0 Å². The summed E-state index contributed by atoms with van der Waals surface area (Å²) in [7, 11) is 1.27. The minimum absolute atomic E-state index is 0.208. The maximum Gasteiger partial charge on any atom is 0.334 e. The molecule has 2 aromatic rings. The van der Waals surface area contributed by atoms with E-state index in [9.17, 15) is 10.3 Å². The van der Waals surface area contributed by atoms with Gasteiger partial charge in [-0.3, -0.25) is 0 Å². The van der Waals surface area contributed by atoms with Crippen LogP contribution in [0.3, 0.4) is 0 Å². The summed E-state index contributed by atoms with van der Waals surface area (Å²) in [5, 5.41) is 4.82. The molecule has 2 aliphatic heterocycles. The first-order chi connectivity index (χ1) is 16.9. The Bertz CT molecular complexity index is 1090. The Labute approximate surface area is 216 Å². The quantitative estimate of drug-likeness (QED) is 0.196. The van der Waals surface area contributed by atoms with Gasteiger partial charge in [0.1, 0.15) is 23.7 Å². The van der Waals surface area contributed by atoms with E-state index >= 15 is 0 Å². The molecule has 2 heterocycles. The summed E-state index contributed by atoms with van der Waals surface area (Å²) in [5.41, 5.74) is 9.52. The second-order valence-electron chi connectivity index (χ2n) is 7.87. The van der Waals surface area contributed by atoms with E-state index < -0.39 is 48.2 Å². The SMILES string of the molecule is COC(=O)C(C)O[C@@H]1[C@@H](N=[N+]=[N-])[C@H]2OC(c3ccccc3)OC[C@H]2O[C@@H]1Sc1ccc(Cl)c(Cl)c1. The molecule has 0 amide bonds. The van der Waals surface area contributed by atoms with E-state index in [0.717, 1.165) is 10.5 Å². The van der Waals surface area contributed by atoms with Crippen LogP contribution in [-0.4, -0.2) is 55.6 Å². The van der Waals surface area contributed by atoms with Crippen LogP contribution in [0.2, 0.25) is 10.0 Å². The van der Waals surface area contributed by atoms with Gasteiger partial charge in [-0.1, -0.05) is 70.4 Å². The molecule has 7 atom stereocenters. The number of carbonyl (C=O) groups excluding carboxylic acids is 1. The third kappa shape index (κ3) is 6.04. The van der Waals surface area contributed by atoms with Gasteiger partial charge in [-0.25, -0.2) is 4.79 Å². The number of methoxy groups -OCH3 is 1. The molecule has 0 saturated carbocycles. The molecule has 0 radical (unpaired) electrons. The van der Waals surface area contributed by atoms with Gasteiger partial charge in [0.15, 0.2) is 12.4 Å². The fourth-order valence-corrected chi connectivity index (χ4v) is 5.44. The molecule has 2 unspecified atom stereocenters. The zero-order chi connectivity index (χ0) is 24.9. The van der Waals surface area contributed by atoms with Gasteiger partial charge in [0.05, 0.1) is 29.8 Å². The van der Waals surface area contributed by atoms with Gasteiger partial charge in [-0.05, 0) is 30.7 Å². The Morgan fingerprint density at radius 1 is 1.20 bits per heavy atom. The number of thioether (sulfide) groups is 1. The maximum absolute atomic E-state index is 12.1. The molecule has 186 valence electrons. The Morgan fingerprint density at radius 3 is 2.66 bits per heavy atom. The first-order valence-electron chi connectivity index (χ1n) is 10.8. The molecule has 9 nitrogen and oxygen atoms in total. The van der Waals surface area contributed by atoms with E-state index in [2.05, 4.69) is 10.0 Å². The summed E-state index contributed by atoms with van der Waals surface area (Å²) in [4.78, 5) is 15.9. The van der Waals surface area contributed by atoms with Crippen LogP contribution in [0.25, 0.3) is 10.4 Å². The van der Waals surface area contributed by atoms with Crippen LogP contribution < -0.4 is 0 Å². The highest BCUT2D eigenvalue weighted by atomic mass is 35.5. The van der Waals surface area contributed by atoms with Crippen LogP contribution in [0.4, 0.5) is 0 Å². The highest BCUT2D eigenvalue weighted by molar-refractivity contribution is 7.99. The lowest BCUT2D eigenvalue weighted by Crippen LogP contribution is -2.61. The number of ether oxygens (including phenoxy) is 5. The van der Waals surface area contributed by atoms with Gasteiger partial charge in [-0.2, -0.15) is 0 Å².